The highest BCUT2D eigenvalue weighted by atomic mass is 16.6. The van der Waals surface area contributed by atoms with Gasteiger partial charge in [0.2, 0.25) is 0 Å². The molecule has 3 rings (SSSR count). The molecule has 22 heavy (non-hydrogen) atoms. The zero-order chi connectivity index (χ0) is 15.5. The van der Waals surface area contributed by atoms with Crippen molar-refractivity contribution >= 4 is 12.2 Å². The first-order valence-corrected chi connectivity index (χ1v) is 7.60. The lowest BCUT2D eigenvalue weighted by molar-refractivity contribution is 0.0601. The fourth-order valence-electron chi connectivity index (χ4n) is 3.35. The van der Waals surface area contributed by atoms with Gasteiger partial charge in [-0.25, -0.2) is 9.59 Å². The van der Waals surface area contributed by atoms with Crippen LogP contribution in [-0.4, -0.2) is 52.8 Å². The summed E-state index contributed by atoms with van der Waals surface area (Å²) in [6, 6.07) is 9.44. The Labute approximate surface area is 129 Å². The summed E-state index contributed by atoms with van der Waals surface area (Å²) in [7, 11) is 0. The van der Waals surface area contributed by atoms with Crippen molar-refractivity contribution in [3.63, 3.8) is 0 Å². The number of amides is 2. The number of fused-ring (bicyclic) bond motifs is 1. The highest BCUT2D eigenvalue weighted by molar-refractivity contribution is 5.69. The number of ether oxygens (including phenoxy) is 1. The second kappa shape index (κ2) is 6.25. The molecule has 0 unspecified atom stereocenters. The molecule has 2 atom stereocenters. The van der Waals surface area contributed by atoms with Crippen molar-refractivity contribution in [2.24, 2.45) is 5.92 Å². The standard InChI is InChI=1S/C16H20N2O4/c19-15(20)18-9-7-13-6-8-17(10-14(13)18)16(21)22-11-12-4-2-1-3-5-12/h1-5,13-14H,6-11H2,(H,19,20)/t13-,14-/m0/s1. The minimum absolute atomic E-state index is 0.0875. The van der Waals surface area contributed by atoms with E-state index in [-0.39, 0.29) is 18.7 Å². The first-order valence-electron chi connectivity index (χ1n) is 7.60. The summed E-state index contributed by atoms with van der Waals surface area (Å²) in [4.78, 5) is 26.5. The molecule has 2 fully saturated rings. The molecule has 2 heterocycles. The minimum Gasteiger partial charge on any atom is -0.465 e. The number of benzene rings is 1. The third-order valence-electron chi connectivity index (χ3n) is 4.57. The molecule has 1 aromatic carbocycles. The van der Waals surface area contributed by atoms with Crippen LogP contribution in [0.15, 0.2) is 30.3 Å². The van der Waals surface area contributed by atoms with Crippen LogP contribution in [0.4, 0.5) is 9.59 Å². The van der Waals surface area contributed by atoms with Crippen LogP contribution in [-0.2, 0) is 11.3 Å². The summed E-state index contributed by atoms with van der Waals surface area (Å²) >= 11 is 0. The summed E-state index contributed by atoms with van der Waals surface area (Å²) in [5.74, 6) is 0.370. The van der Waals surface area contributed by atoms with E-state index >= 15 is 0 Å². The Bertz CT molecular complexity index is 548. The van der Waals surface area contributed by atoms with Gasteiger partial charge in [-0.1, -0.05) is 30.3 Å². The molecular formula is C16H20N2O4. The van der Waals surface area contributed by atoms with Crippen LogP contribution in [0.3, 0.4) is 0 Å². The number of carbonyl (C=O) groups excluding carboxylic acids is 1. The SMILES string of the molecule is O=C(OCc1ccccc1)N1CC[C@H]2CCN(C(=O)O)[C@H]2C1. The smallest absolute Gasteiger partial charge is 0.410 e. The summed E-state index contributed by atoms with van der Waals surface area (Å²) in [6.07, 6.45) is 0.477. The first-order chi connectivity index (χ1) is 10.6. The van der Waals surface area contributed by atoms with Gasteiger partial charge in [0.1, 0.15) is 6.61 Å². The molecule has 0 aliphatic carbocycles. The number of nitrogens with zero attached hydrogens (tertiary/aromatic N) is 2. The van der Waals surface area contributed by atoms with Crippen LogP contribution in [0.25, 0.3) is 0 Å². The van der Waals surface area contributed by atoms with Gasteiger partial charge in [-0.3, -0.25) is 0 Å². The highest BCUT2D eigenvalue weighted by Gasteiger charge is 2.42. The van der Waals surface area contributed by atoms with Gasteiger partial charge in [0.25, 0.3) is 0 Å². The molecule has 2 saturated heterocycles. The average molecular weight is 304 g/mol. The number of carbonyl (C=O) groups is 2. The monoisotopic (exact) mass is 304 g/mol. The van der Waals surface area contributed by atoms with Gasteiger partial charge >= 0.3 is 12.2 Å². The largest absolute Gasteiger partial charge is 0.465 e. The average Bonchev–Trinajstić information content (AvgIpc) is 2.96. The molecule has 2 amide bonds. The van der Waals surface area contributed by atoms with Gasteiger partial charge in [-0.2, -0.15) is 0 Å². The van der Waals surface area contributed by atoms with Crippen molar-refractivity contribution in [2.45, 2.75) is 25.5 Å². The lowest BCUT2D eigenvalue weighted by atomic mass is 9.92. The Morgan fingerprint density at radius 1 is 1.18 bits per heavy atom. The van der Waals surface area contributed by atoms with Crippen LogP contribution in [0, 0.1) is 5.92 Å². The fourth-order valence-corrected chi connectivity index (χ4v) is 3.35. The molecule has 6 heteroatoms. The van der Waals surface area contributed by atoms with Gasteiger partial charge in [0, 0.05) is 19.6 Å². The molecule has 0 spiro atoms. The topological polar surface area (TPSA) is 70.1 Å². The number of carboxylic acid groups (broad SMARTS) is 1. The third-order valence-corrected chi connectivity index (χ3v) is 4.57. The van der Waals surface area contributed by atoms with E-state index in [1.165, 1.54) is 4.90 Å². The Balaban J connectivity index is 1.56. The number of hydrogen-bond donors (Lipinski definition) is 1. The van der Waals surface area contributed by atoms with Crippen molar-refractivity contribution in [1.29, 1.82) is 0 Å². The Kier molecular flexibility index (Phi) is 4.18. The van der Waals surface area contributed by atoms with E-state index in [1.807, 2.05) is 30.3 Å². The maximum atomic E-state index is 12.2. The molecule has 1 aromatic rings. The maximum absolute atomic E-state index is 12.2. The van der Waals surface area contributed by atoms with Gasteiger partial charge in [0.05, 0.1) is 6.04 Å². The molecule has 0 radical (unpaired) electrons. The lowest BCUT2D eigenvalue weighted by Gasteiger charge is -2.36. The summed E-state index contributed by atoms with van der Waals surface area (Å²) in [6.45, 7) is 1.89. The molecule has 118 valence electrons. The highest BCUT2D eigenvalue weighted by Crippen LogP contribution is 2.31. The van der Waals surface area contributed by atoms with Crippen LogP contribution in [0.5, 0.6) is 0 Å². The Hall–Kier alpha value is -2.24. The van der Waals surface area contributed by atoms with E-state index in [1.54, 1.807) is 4.90 Å². The van der Waals surface area contributed by atoms with Crippen LogP contribution < -0.4 is 0 Å². The van der Waals surface area contributed by atoms with Gasteiger partial charge in [-0.05, 0) is 24.3 Å². The normalized spacial score (nSPS) is 24.0. The van der Waals surface area contributed by atoms with E-state index in [9.17, 15) is 14.7 Å². The minimum atomic E-state index is -0.896. The van der Waals surface area contributed by atoms with E-state index in [2.05, 4.69) is 0 Å². The second-order valence-electron chi connectivity index (χ2n) is 5.87. The van der Waals surface area contributed by atoms with E-state index in [0.717, 1.165) is 18.4 Å². The predicted molar refractivity (Wildman–Crippen MR) is 79.4 cm³/mol. The van der Waals surface area contributed by atoms with Crippen molar-refractivity contribution < 1.29 is 19.4 Å². The van der Waals surface area contributed by atoms with Gasteiger partial charge in [0.15, 0.2) is 0 Å². The molecule has 0 aromatic heterocycles. The van der Waals surface area contributed by atoms with Crippen LogP contribution in [0.2, 0.25) is 0 Å². The van der Waals surface area contributed by atoms with Gasteiger partial charge in [-0.15, -0.1) is 0 Å². The first kappa shape index (κ1) is 14.7. The molecular weight excluding hydrogens is 284 g/mol. The fraction of sp³-hybridized carbons (Fsp3) is 0.500. The molecule has 1 N–H and O–H groups in total. The Morgan fingerprint density at radius 2 is 1.91 bits per heavy atom. The zero-order valence-electron chi connectivity index (χ0n) is 12.4. The molecule has 0 saturated carbocycles. The van der Waals surface area contributed by atoms with Crippen molar-refractivity contribution in [1.82, 2.24) is 9.80 Å². The van der Waals surface area contributed by atoms with Crippen molar-refractivity contribution in [3.05, 3.63) is 35.9 Å². The number of piperidine rings is 1. The molecule has 2 aliphatic heterocycles. The van der Waals surface area contributed by atoms with Crippen LogP contribution >= 0.6 is 0 Å². The number of likely N-dealkylation sites (tertiary alicyclic amines) is 2. The number of hydrogen-bond acceptors (Lipinski definition) is 3. The van der Waals surface area contributed by atoms with Crippen LogP contribution in [0.1, 0.15) is 18.4 Å². The lowest BCUT2D eigenvalue weighted by Crippen LogP contribution is -2.51. The number of rotatable bonds is 2. The predicted octanol–water partition coefficient (Wildman–Crippen LogP) is 2.40. The zero-order valence-corrected chi connectivity index (χ0v) is 12.4. The summed E-state index contributed by atoms with van der Waals surface area (Å²) in [5, 5.41) is 9.22. The Morgan fingerprint density at radius 3 is 2.64 bits per heavy atom. The van der Waals surface area contributed by atoms with E-state index < -0.39 is 6.09 Å². The quantitative estimate of drug-likeness (QED) is 0.911. The van der Waals surface area contributed by atoms with Crippen molar-refractivity contribution in [2.75, 3.05) is 19.6 Å². The third kappa shape index (κ3) is 3.00. The van der Waals surface area contributed by atoms with Gasteiger partial charge < -0.3 is 19.6 Å². The molecule has 2 aliphatic rings. The molecule has 6 nitrogen and oxygen atoms in total. The summed E-state index contributed by atoms with van der Waals surface area (Å²) < 4.78 is 5.33. The maximum Gasteiger partial charge on any atom is 0.410 e. The van der Waals surface area contributed by atoms with E-state index in [0.29, 0.717) is 25.6 Å². The van der Waals surface area contributed by atoms with Crippen molar-refractivity contribution in [3.8, 4) is 0 Å². The molecule has 0 bridgehead atoms. The summed E-state index contributed by atoms with van der Waals surface area (Å²) in [5.41, 5.74) is 0.943. The second-order valence-corrected chi connectivity index (χ2v) is 5.87. The van der Waals surface area contributed by atoms with E-state index in [4.69, 9.17) is 4.74 Å².